The number of rotatable bonds is 10. The number of aryl methyl sites for hydroxylation is 1. The number of amides is 2. The molecular formula is C35H36ClFN2O5S. The van der Waals surface area contributed by atoms with Crippen LogP contribution in [0.15, 0.2) is 84.9 Å². The Balaban J connectivity index is 1.56. The van der Waals surface area contributed by atoms with Gasteiger partial charge in [-0.25, -0.2) is 4.39 Å². The number of hydrogen-bond acceptors (Lipinski definition) is 4. The highest BCUT2D eigenvalue weighted by molar-refractivity contribution is 7.85. The van der Waals surface area contributed by atoms with Gasteiger partial charge in [0, 0.05) is 28.4 Å². The predicted octanol–water partition coefficient (Wildman–Crippen LogP) is 7.33. The molecule has 0 aromatic heterocycles. The average molecular weight is 651 g/mol. The lowest BCUT2D eigenvalue weighted by atomic mass is 9.84. The van der Waals surface area contributed by atoms with Crippen LogP contribution in [0.2, 0.25) is 5.02 Å². The van der Waals surface area contributed by atoms with Crippen LogP contribution in [-0.2, 0) is 26.7 Å². The summed E-state index contributed by atoms with van der Waals surface area (Å²) in [6.07, 6.45) is 0.346. The van der Waals surface area contributed by atoms with Crippen molar-refractivity contribution in [2.24, 2.45) is 0 Å². The average Bonchev–Trinajstić information content (AvgIpc) is 2.96. The highest BCUT2D eigenvalue weighted by Gasteiger charge is 2.23. The third-order valence-electron chi connectivity index (χ3n) is 7.51. The Morgan fingerprint density at radius 2 is 1.56 bits per heavy atom. The molecule has 1 unspecified atom stereocenters. The second kappa shape index (κ2) is 13.9. The van der Waals surface area contributed by atoms with Crippen LogP contribution in [0.5, 0.6) is 0 Å². The van der Waals surface area contributed by atoms with Gasteiger partial charge in [0.2, 0.25) is 5.91 Å². The van der Waals surface area contributed by atoms with E-state index in [0.717, 1.165) is 22.3 Å². The van der Waals surface area contributed by atoms with Crippen LogP contribution in [-0.4, -0.2) is 37.1 Å². The number of hydrogen-bond donors (Lipinski definition) is 3. The van der Waals surface area contributed by atoms with Crippen molar-refractivity contribution >= 4 is 39.2 Å². The molecule has 3 N–H and O–H groups in total. The molecule has 45 heavy (non-hydrogen) atoms. The minimum atomic E-state index is -4.18. The van der Waals surface area contributed by atoms with Gasteiger partial charge in [0.25, 0.3) is 16.0 Å². The second-order valence-corrected chi connectivity index (χ2v) is 14.0. The molecule has 236 valence electrons. The summed E-state index contributed by atoms with van der Waals surface area (Å²) >= 11 is 5.92. The number of nitrogens with one attached hydrogen (secondary N) is 2. The summed E-state index contributed by atoms with van der Waals surface area (Å²) in [5.41, 5.74) is 5.50. The fourth-order valence-corrected chi connectivity index (χ4v) is 5.50. The number of carbonyl (C=O) groups excluding carboxylic acids is 2. The topological polar surface area (TPSA) is 113 Å². The Labute approximate surface area is 268 Å². The van der Waals surface area contributed by atoms with Crippen molar-refractivity contribution in [1.29, 1.82) is 0 Å². The molecule has 0 fully saturated rings. The van der Waals surface area contributed by atoms with E-state index in [1.807, 2.05) is 31.2 Å². The maximum absolute atomic E-state index is 14.6. The van der Waals surface area contributed by atoms with Crippen molar-refractivity contribution in [3.63, 3.8) is 0 Å². The summed E-state index contributed by atoms with van der Waals surface area (Å²) in [6, 6.07) is 24.5. The molecule has 1 atom stereocenters. The van der Waals surface area contributed by atoms with Crippen molar-refractivity contribution in [2.45, 2.75) is 45.4 Å². The van der Waals surface area contributed by atoms with E-state index >= 15 is 0 Å². The minimum absolute atomic E-state index is 0.0586. The van der Waals surface area contributed by atoms with Crippen LogP contribution in [0.1, 0.15) is 59.3 Å². The lowest BCUT2D eigenvalue weighted by Gasteiger charge is -2.22. The summed E-state index contributed by atoms with van der Waals surface area (Å²) < 4.78 is 45.3. The molecule has 0 aliphatic rings. The molecule has 0 spiro atoms. The Morgan fingerprint density at radius 3 is 2.13 bits per heavy atom. The number of carbonyl (C=O) groups is 2. The van der Waals surface area contributed by atoms with Crippen molar-refractivity contribution in [2.75, 3.05) is 17.6 Å². The first kappa shape index (κ1) is 33.8. The highest BCUT2D eigenvalue weighted by atomic mass is 35.5. The third kappa shape index (κ3) is 9.23. The van der Waals surface area contributed by atoms with Crippen LogP contribution in [0.25, 0.3) is 11.1 Å². The largest absolute Gasteiger partial charge is 0.351 e. The van der Waals surface area contributed by atoms with Gasteiger partial charge < -0.3 is 10.6 Å². The molecular weight excluding hydrogens is 615 g/mol. The van der Waals surface area contributed by atoms with E-state index in [4.69, 9.17) is 16.2 Å². The third-order valence-corrected chi connectivity index (χ3v) is 8.47. The standard InChI is InChI=1S/C35H36ClFN2O5S/c1-22-19-28(14-16-29(22)30-15-13-27(36)21-32(30)37)39-34(41)31(24-9-11-26(12-10-24)35(2,3)4)20-23-5-7-25(8-6-23)33(40)38-17-18-45(42,43)44/h5-16,19,21,31H,17-18,20H2,1-4H3,(H,38,40)(H,39,41)(H,42,43,44). The van der Waals surface area contributed by atoms with Gasteiger partial charge in [-0.15, -0.1) is 0 Å². The monoisotopic (exact) mass is 650 g/mol. The molecule has 4 rings (SSSR count). The Kier molecular flexibility index (Phi) is 10.5. The summed E-state index contributed by atoms with van der Waals surface area (Å²) in [7, 11) is -4.18. The van der Waals surface area contributed by atoms with Gasteiger partial charge in [-0.05, 0) is 89.0 Å². The maximum Gasteiger partial charge on any atom is 0.266 e. The summed E-state index contributed by atoms with van der Waals surface area (Å²) in [4.78, 5) is 26.2. The van der Waals surface area contributed by atoms with Gasteiger partial charge in [0.15, 0.2) is 0 Å². The molecule has 0 saturated heterocycles. The first-order valence-corrected chi connectivity index (χ1v) is 16.4. The lowest BCUT2D eigenvalue weighted by molar-refractivity contribution is -0.117. The van der Waals surface area contributed by atoms with E-state index in [9.17, 15) is 22.4 Å². The van der Waals surface area contributed by atoms with E-state index in [-0.39, 0.29) is 17.9 Å². The SMILES string of the molecule is Cc1cc(NC(=O)C(Cc2ccc(C(=O)NCCS(=O)(=O)O)cc2)c2ccc(C(C)(C)C)cc2)ccc1-c1ccc(Cl)cc1F. The van der Waals surface area contributed by atoms with E-state index < -0.39 is 33.5 Å². The molecule has 0 aliphatic carbocycles. The van der Waals surface area contributed by atoms with Crippen LogP contribution >= 0.6 is 11.6 Å². The van der Waals surface area contributed by atoms with Crippen LogP contribution in [0, 0.1) is 12.7 Å². The fourth-order valence-electron chi connectivity index (χ4n) is 4.98. The van der Waals surface area contributed by atoms with Gasteiger partial charge in [-0.3, -0.25) is 14.1 Å². The van der Waals surface area contributed by atoms with Crippen LogP contribution in [0.4, 0.5) is 10.1 Å². The van der Waals surface area contributed by atoms with Crippen molar-refractivity contribution in [3.05, 3.63) is 124 Å². The molecule has 7 nitrogen and oxygen atoms in total. The molecule has 10 heteroatoms. The van der Waals surface area contributed by atoms with Crippen molar-refractivity contribution in [1.82, 2.24) is 5.32 Å². The summed E-state index contributed by atoms with van der Waals surface area (Å²) in [6.45, 7) is 7.99. The molecule has 0 aliphatic heterocycles. The van der Waals surface area contributed by atoms with Crippen LogP contribution < -0.4 is 10.6 Å². The Hall–Kier alpha value is -4.05. The molecule has 0 saturated carbocycles. The van der Waals surface area contributed by atoms with E-state index in [0.29, 0.717) is 33.8 Å². The predicted molar refractivity (Wildman–Crippen MR) is 177 cm³/mol. The minimum Gasteiger partial charge on any atom is -0.351 e. The fraction of sp³-hybridized carbons (Fsp3) is 0.257. The summed E-state index contributed by atoms with van der Waals surface area (Å²) in [5, 5.41) is 5.80. The second-order valence-electron chi connectivity index (χ2n) is 12.0. The zero-order valence-electron chi connectivity index (χ0n) is 25.5. The molecule has 0 heterocycles. The molecule has 2 amide bonds. The quantitative estimate of drug-likeness (QED) is 0.156. The number of halogens is 2. The number of anilines is 1. The van der Waals surface area contributed by atoms with E-state index in [1.54, 1.807) is 54.6 Å². The normalized spacial score (nSPS) is 12.4. The smallest absolute Gasteiger partial charge is 0.266 e. The molecule has 0 bridgehead atoms. The van der Waals surface area contributed by atoms with Crippen LogP contribution in [0.3, 0.4) is 0 Å². The van der Waals surface area contributed by atoms with E-state index in [1.165, 1.54) is 6.07 Å². The molecule has 0 radical (unpaired) electrons. The first-order chi connectivity index (χ1) is 21.1. The van der Waals surface area contributed by atoms with Gasteiger partial charge in [-0.2, -0.15) is 8.42 Å². The van der Waals surface area contributed by atoms with Gasteiger partial charge in [-0.1, -0.05) is 74.8 Å². The van der Waals surface area contributed by atoms with Gasteiger partial charge >= 0.3 is 0 Å². The summed E-state index contributed by atoms with van der Waals surface area (Å²) in [5.74, 6) is -2.28. The Bertz CT molecular complexity index is 1800. The van der Waals surface area contributed by atoms with Crippen molar-refractivity contribution in [3.8, 4) is 11.1 Å². The molecule has 4 aromatic carbocycles. The van der Waals surface area contributed by atoms with Gasteiger partial charge in [0.05, 0.1) is 11.7 Å². The molecule has 4 aromatic rings. The van der Waals surface area contributed by atoms with Gasteiger partial charge in [0.1, 0.15) is 5.82 Å². The first-order valence-electron chi connectivity index (χ1n) is 14.4. The van der Waals surface area contributed by atoms with Crippen molar-refractivity contribution < 1.29 is 27.0 Å². The zero-order valence-corrected chi connectivity index (χ0v) is 27.1. The number of benzene rings is 4. The maximum atomic E-state index is 14.6. The zero-order chi connectivity index (χ0) is 32.9. The Morgan fingerprint density at radius 1 is 0.911 bits per heavy atom. The lowest BCUT2D eigenvalue weighted by Crippen LogP contribution is -2.28. The highest BCUT2D eigenvalue weighted by Crippen LogP contribution is 2.31. The van der Waals surface area contributed by atoms with E-state index in [2.05, 4.69) is 31.4 Å².